The maximum atomic E-state index is 9.34. The smallest absolute Gasteiger partial charge is 0.166 e. The molecule has 0 amide bonds. The summed E-state index contributed by atoms with van der Waals surface area (Å²) in [6.45, 7) is -0.418. The Balaban J connectivity index is 1.96. The number of aromatic nitrogens is 4. The zero-order chi connectivity index (χ0) is 13.5. The van der Waals surface area contributed by atoms with E-state index in [2.05, 4.69) is 27.6 Å². The monoisotopic (exact) mass is 282 g/mol. The van der Waals surface area contributed by atoms with Gasteiger partial charge in [0.15, 0.2) is 5.65 Å². The van der Waals surface area contributed by atoms with Crippen LogP contribution >= 0.6 is 12.6 Å². The van der Waals surface area contributed by atoms with Crippen LogP contribution in [-0.2, 0) is 4.74 Å². The summed E-state index contributed by atoms with van der Waals surface area (Å²) in [6, 6.07) is 0. The molecule has 2 N–H and O–H groups in total. The second-order valence-corrected chi connectivity index (χ2v) is 5.06. The first kappa shape index (κ1) is 12.8. The largest absolute Gasteiger partial charge is 0.393 e. The summed E-state index contributed by atoms with van der Waals surface area (Å²) in [5, 5.41) is 19.2. The molecule has 0 bridgehead atoms. The first-order valence-electron chi connectivity index (χ1n) is 5.95. The SMILES string of the molecule is OCC1(CO)CC[C@H](n2cnc3c(S)ncnc32)O1. The van der Waals surface area contributed by atoms with E-state index in [1.54, 1.807) is 10.9 Å². The molecule has 2 aromatic heterocycles. The lowest BCUT2D eigenvalue weighted by Gasteiger charge is -2.24. The molecule has 0 aliphatic carbocycles. The number of imidazole rings is 1. The van der Waals surface area contributed by atoms with Gasteiger partial charge in [-0.25, -0.2) is 15.0 Å². The van der Waals surface area contributed by atoms with E-state index >= 15 is 0 Å². The fraction of sp³-hybridized carbons (Fsp3) is 0.545. The van der Waals surface area contributed by atoms with Crippen molar-refractivity contribution in [1.29, 1.82) is 0 Å². The van der Waals surface area contributed by atoms with Gasteiger partial charge in [0.05, 0.1) is 19.5 Å². The Morgan fingerprint density at radius 2 is 2.16 bits per heavy atom. The van der Waals surface area contributed by atoms with Crippen molar-refractivity contribution in [2.24, 2.45) is 0 Å². The van der Waals surface area contributed by atoms with Gasteiger partial charge >= 0.3 is 0 Å². The second kappa shape index (κ2) is 4.71. The third kappa shape index (κ3) is 2.00. The highest BCUT2D eigenvalue weighted by Crippen LogP contribution is 2.37. The van der Waals surface area contributed by atoms with E-state index in [0.717, 1.165) is 0 Å². The second-order valence-electron chi connectivity index (χ2n) is 4.63. The van der Waals surface area contributed by atoms with Gasteiger partial charge in [0.2, 0.25) is 0 Å². The van der Waals surface area contributed by atoms with Gasteiger partial charge in [-0.2, -0.15) is 0 Å². The molecule has 0 radical (unpaired) electrons. The van der Waals surface area contributed by atoms with E-state index in [-0.39, 0.29) is 19.4 Å². The highest BCUT2D eigenvalue weighted by atomic mass is 32.1. The number of hydrogen-bond acceptors (Lipinski definition) is 7. The van der Waals surface area contributed by atoms with E-state index in [0.29, 0.717) is 29.0 Å². The zero-order valence-corrected chi connectivity index (χ0v) is 11.0. The highest BCUT2D eigenvalue weighted by Gasteiger charge is 2.40. The molecule has 102 valence electrons. The molecule has 3 heterocycles. The quantitative estimate of drug-likeness (QED) is 0.548. The normalized spacial score (nSPS) is 22.2. The van der Waals surface area contributed by atoms with Crippen molar-refractivity contribution in [2.45, 2.75) is 29.7 Å². The summed E-state index contributed by atoms with van der Waals surface area (Å²) in [5.74, 6) is 0. The lowest BCUT2D eigenvalue weighted by Crippen LogP contribution is -2.37. The van der Waals surface area contributed by atoms with E-state index < -0.39 is 5.60 Å². The Labute approximate surface area is 114 Å². The number of thiol groups is 1. The Bertz CT molecular complexity index is 599. The van der Waals surface area contributed by atoms with Crippen LogP contribution in [-0.4, -0.2) is 48.5 Å². The van der Waals surface area contributed by atoms with Gasteiger partial charge in [-0.15, -0.1) is 12.6 Å². The highest BCUT2D eigenvalue weighted by molar-refractivity contribution is 7.80. The standard InChI is InChI=1S/C11H14N4O3S/c16-3-11(4-17)2-1-7(18-11)15-6-14-8-9(15)12-5-13-10(8)19/h5-7,16-17H,1-4H2,(H,12,13,19)/t7-/m1/s1. The topological polar surface area (TPSA) is 93.3 Å². The number of hydrogen-bond donors (Lipinski definition) is 3. The molecule has 0 saturated carbocycles. The third-order valence-corrected chi connectivity index (χ3v) is 3.79. The number of rotatable bonds is 3. The van der Waals surface area contributed by atoms with E-state index in [1.165, 1.54) is 6.33 Å². The molecule has 0 spiro atoms. The average Bonchev–Trinajstić information content (AvgIpc) is 3.03. The van der Waals surface area contributed by atoms with Crippen molar-refractivity contribution in [2.75, 3.05) is 13.2 Å². The van der Waals surface area contributed by atoms with Crippen LogP contribution in [0.15, 0.2) is 17.7 Å². The van der Waals surface area contributed by atoms with Crippen LogP contribution in [0.5, 0.6) is 0 Å². The molecule has 0 unspecified atom stereocenters. The fourth-order valence-corrected chi connectivity index (χ4v) is 2.53. The molecule has 19 heavy (non-hydrogen) atoms. The van der Waals surface area contributed by atoms with Crippen LogP contribution < -0.4 is 0 Å². The van der Waals surface area contributed by atoms with Crippen LogP contribution in [0.3, 0.4) is 0 Å². The summed E-state index contributed by atoms with van der Waals surface area (Å²) in [7, 11) is 0. The molecule has 2 aromatic rings. The minimum Gasteiger partial charge on any atom is -0.393 e. The van der Waals surface area contributed by atoms with Crippen molar-refractivity contribution in [3.63, 3.8) is 0 Å². The van der Waals surface area contributed by atoms with Crippen molar-refractivity contribution in [1.82, 2.24) is 19.5 Å². The summed E-state index contributed by atoms with van der Waals surface area (Å²) >= 11 is 4.23. The van der Waals surface area contributed by atoms with Crippen LogP contribution in [0.4, 0.5) is 0 Å². The van der Waals surface area contributed by atoms with Gasteiger partial charge in [0.1, 0.15) is 28.7 Å². The van der Waals surface area contributed by atoms with Crippen molar-refractivity contribution in [3.05, 3.63) is 12.7 Å². The van der Waals surface area contributed by atoms with Crippen LogP contribution in [0.25, 0.3) is 11.2 Å². The first-order chi connectivity index (χ1) is 9.19. The van der Waals surface area contributed by atoms with Gasteiger partial charge in [0, 0.05) is 0 Å². The molecule has 3 rings (SSSR count). The van der Waals surface area contributed by atoms with Gasteiger partial charge in [-0.05, 0) is 12.8 Å². The minimum absolute atomic E-state index is 0.209. The number of nitrogens with zero attached hydrogens (tertiary/aromatic N) is 4. The number of aliphatic hydroxyl groups excluding tert-OH is 2. The van der Waals surface area contributed by atoms with E-state index in [1.807, 2.05) is 0 Å². The maximum Gasteiger partial charge on any atom is 0.166 e. The Morgan fingerprint density at radius 1 is 1.37 bits per heavy atom. The van der Waals surface area contributed by atoms with Crippen molar-refractivity contribution >= 4 is 23.8 Å². The van der Waals surface area contributed by atoms with Gasteiger partial charge in [-0.3, -0.25) is 4.57 Å². The summed E-state index contributed by atoms with van der Waals surface area (Å²) in [5.41, 5.74) is 0.370. The predicted octanol–water partition coefficient (Wildman–Crippen LogP) is 0.147. The van der Waals surface area contributed by atoms with Crippen LogP contribution in [0, 0.1) is 0 Å². The molecular formula is C11H14N4O3S. The van der Waals surface area contributed by atoms with Gasteiger partial charge in [-0.1, -0.05) is 0 Å². The molecule has 1 atom stereocenters. The molecular weight excluding hydrogens is 268 g/mol. The number of fused-ring (bicyclic) bond motifs is 1. The van der Waals surface area contributed by atoms with E-state index in [9.17, 15) is 10.2 Å². The molecule has 1 fully saturated rings. The predicted molar refractivity (Wildman–Crippen MR) is 68.8 cm³/mol. The summed E-state index contributed by atoms with van der Waals surface area (Å²) in [4.78, 5) is 12.4. The first-order valence-corrected chi connectivity index (χ1v) is 6.40. The maximum absolute atomic E-state index is 9.34. The van der Waals surface area contributed by atoms with Crippen molar-refractivity contribution < 1.29 is 14.9 Å². The van der Waals surface area contributed by atoms with E-state index in [4.69, 9.17) is 4.74 Å². The molecule has 8 heteroatoms. The zero-order valence-electron chi connectivity index (χ0n) is 10.1. The molecule has 1 aliphatic rings. The third-order valence-electron chi connectivity index (χ3n) is 3.46. The van der Waals surface area contributed by atoms with Gasteiger partial charge < -0.3 is 14.9 Å². The fourth-order valence-electron chi connectivity index (χ4n) is 2.32. The Kier molecular flexibility index (Phi) is 3.17. The summed E-state index contributed by atoms with van der Waals surface area (Å²) in [6.07, 6.45) is 4.01. The van der Waals surface area contributed by atoms with Crippen molar-refractivity contribution in [3.8, 4) is 0 Å². The Morgan fingerprint density at radius 3 is 2.84 bits per heavy atom. The lowest BCUT2D eigenvalue weighted by molar-refractivity contribution is -0.120. The molecule has 0 aromatic carbocycles. The Hall–Kier alpha value is -1.22. The molecule has 1 saturated heterocycles. The lowest BCUT2D eigenvalue weighted by atomic mass is 10.0. The molecule has 7 nitrogen and oxygen atoms in total. The minimum atomic E-state index is -0.877. The molecule has 1 aliphatic heterocycles. The summed E-state index contributed by atoms with van der Waals surface area (Å²) < 4.78 is 7.56. The number of aliphatic hydroxyl groups is 2. The van der Waals surface area contributed by atoms with Crippen LogP contribution in [0.1, 0.15) is 19.1 Å². The average molecular weight is 282 g/mol. The van der Waals surface area contributed by atoms with Gasteiger partial charge in [0.25, 0.3) is 0 Å². The number of ether oxygens (including phenoxy) is 1. The van der Waals surface area contributed by atoms with Crippen LogP contribution in [0.2, 0.25) is 0 Å².